The molecule has 0 saturated carbocycles. The SMILES string of the molecule is Cc1cccc(N2CSC2)c1. The number of hydrogen-bond acceptors (Lipinski definition) is 2. The van der Waals surface area contributed by atoms with Gasteiger partial charge in [0, 0.05) is 5.69 Å². The molecular formula is C9H11NS. The number of anilines is 1. The fraction of sp³-hybridized carbons (Fsp3) is 0.333. The monoisotopic (exact) mass is 165 g/mol. The van der Waals surface area contributed by atoms with Crippen LogP contribution in [0.4, 0.5) is 5.69 Å². The van der Waals surface area contributed by atoms with Crippen LogP contribution < -0.4 is 4.90 Å². The van der Waals surface area contributed by atoms with Gasteiger partial charge in [-0.05, 0) is 24.6 Å². The Bertz CT molecular complexity index is 255. The molecule has 0 N–H and O–H groups in total. The summed E-state index contributed by atoms with van der Waals surface area (Å²) >= 11 is 1.97. The Morgan fingerprint density at radius 3 is 2.73 bits per heavy atom. The van der Waals surface area contributed by atoms with Crippen molar-refractivity contribution in [3.63, 3.8) is 0 Å². The van der Waals surface area contributed by atoms with Gasteiger partial charge < -0.3 is 4.90 Å². The second-order valence-electron chi connectivity index (χ2n) is 2.84. The van der Waals surface area contributed by atoms with Gasteiger partial charge in [0.25, 0.3) is 0 Å². The Morgan fingerprint density at radius 2 is 2.18 bits per heavy atom. The molecule has 0 amide bonds. The molecule has 1 aromatic carbocycles. The van der Waals surface area contributed by atoms with Crippen LogP contribution in [0.1, 0.15) is 5.56 Å². The van der Waals surface area contributed by atoms with E-state index in [4.69, 9.17) is 0 Å². The third kappa shape index (κ3) is 1.36. The number of benzene rings is 1. The summed E-state index contributed by atoms with van der Waals surface area (Å²) in [5.74, 6) is 2.31. The zero-order chi connectivity index (χ0) is 7.68. The molecule has 2 rings (SSSR count). The first-order valence-electron chi connectivity index (χ1n) is 3.75. The Labute approximate surface area is 71.4 Å². The summed E-state index contributed by atoms with van der Waals surface area (Å²) in [6.45, 7) is 2.14. The third-order valence-corrected chi connectivity index (χ3v) is 2.85. The standard InChI is InChI=1S/C9H11NS/c1-8-3-2-4-9(5-8)10-6-11-7-10/h2-5H,6-7H2,1H3. The molecule has 0 aromatic heterocycles. The van der Waals surface area contributed by atoms with Crippen LogP contribution in [0.25, 0.3) is 0 Å². The van der Waals surface area contributed by atoms with Gasteiger partial charge in [0.1, 0.15) is 0 Å². The predicted molar refractivity (Wildman–Crippen MR) is 51.0 cm³/mol. The minimum absolute atomic E-state index is 1.16. The van der Waals surface area contributed by atoms with E-state index in [1.165, 1.54) is 11.3 Å². The topological polar surface area (TPSA) is 3.24 Å². The van der Waals surface area contributed by atoms with Gasteiger partial charge in [-0.2, -0.15) is 0 Å². The molecule has 0 unspecified atom stereocenters. The number of hydrogen-bond donors (Lipinski definition) is 0. The number of rotatable bonds is 1. The number of aryl methyl sites for hydroxylation is 1. The minimum atomic E-state index is 1.16. The van der Waals surface area contributed by atoms with Crippen molar-refractivity contribution in [1.82, 2.24) is 0 Å². The maximum absolute atomic E-state index is 2.37. The number of thioether (sulfide) groups is 1. The molecule has 1 nitrogen and oxygen atoms in total. The van der Waals surface area contributed by atoms with Gasteiger partial charge in [0.05, 0.1) is 11.8 Å². The summed E-state index contributed by atoms with van der Waals surface area (Å²) in [4.78, 5) is 2.37. The van der Waals surface area contributed by atoms with Gasteiger partial charge >= 0.3 is 0 Å². The van der Waals surface area contributed by atoms with Crippen LogP contribution in [0.15, 0.2) is 24.3 Å². The lowest BCUT2D eigenvalue weighted by Gasteiger charge is -2.32. The molecule has 1 fully saturated rings. The summed E-state index contributed by atoms with van der Waals surface area (Å²) in [7, 11) is 0. The van der Waals surface area contributed by atoms with E-state index in [2.05, 4.69) is 36.1 Å². The fourth-order valence-corrected chi connectivity index (χ4v) is 1.82. The summed E-state index contributed by atoms with van der Waals surface area (Å²) in [6.07, 6.45) is 0. The lowest BCUT2D eigenvalue weighted by Crippen LogP contribution is -2.31. The summed E-state index contributed by atoms with van der Waals surface area (Å²) in [5.41, 5.74) is 2.71. The van der Waals surface area contributed by atoms with Crippen LogP contribution in [-0.4, -0.2) is 11.8 Å². The Kier molecular flexibility index (Phi) is 1.78. The lowest BCUT2D eigenvalue weighted by atomic mass is 10.2. The first-order chi connectivity index (χ1) is 5.36. The maximum atomic E-state index is 2.37. The van der Waals surface area contributed by atoms with Crippen LogP contribution >= 0.6 is 11.8 Å². The van der Waals surface area contributed by atoms with Gasteiger partial charge in [-0.3, -0.25) is 0 Å². The van der Waals surface area contributed by atoms with Gasteiger partial charge in [0.15, 0.2) is 0 Å². The summed E-state index contributed by atoms with van der Waals surface area (Å²) < 4.78 is 0. The van der Waals surface area contributed by atoms with Crippen molar-refractivity contribution in [2.24, 2.45) is 0 Å². The highest BCUT2D eigenvalue weighted by Crippen LogP contribution is 2.26. The van der Waals surface area contributed by atoms with Crippen molar-refractivity contribution in [2.45, 2.75) is 6.92 Å². The molecule has 0 aliphatic carbocycles. The van der Waals surface area contributed by atoms with Crippen molar-refractivity contribution in [2.75, 3.05) is 16.7 Å². The van der Waals surface area contributed by atoms with E-state index >= 15 is 0 Å². The molecule has 0 atom stereocenters. The third-order valence-electron chi connectivity index (χ3n) is 1.86. The zero-order valence-electron chi connectivity index (χ0n) is 6.58. The number of nitrogens with zero attached hydrogens (tertiary/aromatic N) is 1. The van der Waals surface area contributed by atoms with Gasteiger partial charge in [-0.1, -0.05) is 12.1 Å². The van der Waals surface area contributed by atoms with Crippen molar-refractivity contribution in [3.8, 4) is 0 Å². The predicted octanol–water partition coefficient (Wildman–Crippen LogP) is 2.46. The molecule has 11 heavy (non-hydrogen) atoms. The molecule has 1 aromatic rings. The van der Waals surface area contributed by atoms with Crippen molar-refractivity contribution in [1.29, 1.82) is 0 Å². The second-order valence-corrected chi connectivity index (χ2v) is 3.77. The second kappa shape index (κ2) is 2.78. The van der Waals surface area contributed by atoms with Crippen molar-refractivity contribution in [3.05, 3.63) is 29.8 Å². The molecule has 1 aliphatic heterocycles. The molecule has 0 bridgehead atoms. The quantitative estimate of drug-likeness (QED) is 0.629. The minimum Gasteiger partial charge on any atom is -0.353 e. The van der Waals surface area contributed by atoms with E-state index in [9.17, 15) is 0 Å². The molecule has 0 spiro atoms. The normalized spacial score (nSPS) is 16.3. The Morgan fingerprint density at radius 1 is 1.36 bits per heavy atom. The average molecular weight is 165 g/mol. The summed E-state index contributed by atoms with van der Waals surface area (Å²) in [5, 5.41) is 0. The Hall–Kier alpha value is -0.630. The Balaban J connectivity index is 2.23. The van der Waals surface area contributed by atoms with Crippen LogP contribution in [-0.2, 0) is 0 Å². The fourth-order valence-electron chi connectivity index (χ4n) is 1.16. The van der Waals surface area contributed by atoms with Crippen molar-refractivity contribution >= 4 is 17.4 Å². The van der Waals surface area contributed by atoms with Crippen LogP contribution in [0.2, 0.25) is 0 Å². The first kappa shape index (κ1) is 7.04. The highest BCUT2D eigenvalue weighted by atomic mass is 32.2. The zero-order valence-corrected chi connectivity index (χ0v) is 7.40. The van der Waals surface area contributed by atoms with E-state index in [-0.39, 0.29) is 0 Å². The maximum Gasteiger partial charge on any atom is 0.0665 e. The molecule has 58 valence electrons. The van der Waals surface area contributed by atoms with Crippen molar-refractivity contribution < 1.29 is 0 Å². The first-order valence-corrected chi connectivity index (χ1v) is 4.91. The molecule has 1 heterocycles. The highest BCUT2D eigenvalue weighted by molar-refractivity contribution is 8.00. The van der Waals surface area contributed by atoms with E-state index < -0.39 is 0 Å². The lowest BCUT2D eigenvalue weighted by molar-refractivity contribution is 1.01. The van der Waals surface area contributed by atoms with E-state index in [0.717, 1.165) is 11.8 Å². The van der Waals surface area contributed by atoms with E-state index in [1.54, 1.807) is 0 Å². The molecular weight excluding hydrogens is 154 g/mol. The van der Waals surface area contributed by atoms with Gasteiger partial charge in [-0.15, -0.1) is 11.8 Å². The largest absolute Gasteiger partial charge is 0.353 e. The molecule has 0 radical (unpaired) electrons. The van der Waals surface area contributed by atoms with Crippen LogP contribution in [0.5, 0.6) is 0 Å². The van der Waals surface area contributed by atoms with Gasteiger partial charge in [-0.25, -0.2) is 0 Å². The van der Waals surface area contributed by atoms with Gasteiger partial charge in [0.2, 0.25) is 0 Å². The smallest absolute Gasteiger partial charge is 0.0665 e. The molecule has 2 heteroatoms. The van der Waals surface area contributed by atoms with E-state index in [1.807, 2.05) is 11.8 Å². The molecule has 1 saturated heterocycles. The van der Waals surface area contributed by atoms with Crippen LogP contribution in [0.3, 0.4) is 0 Å². The van der Waals surface area contributed by atoms with Crippen LogP contribution in [0, 0.1) is 6.92 Å². The average Bonchev–Trinajstić information content (AvgIpc) is 1.83. The summed E-state index contributed by atoms with van der Waals surface area (Å²) in [6, 6.07) is 8.66. The highest BCUT2D eigenvalue weighted by Gasteiger charge is 2.13. The van der Waals surface area contributed by atoms with E-state index in [0.29, 0.717) is 0 Å². The molecule has 1 aliphatic rings.